The summed E-state index contributed by atoms with van der Waals surface area (Å²) in [6.07, 6.45) is 0. The lowest BCUT2D eigenvalue weighted by atomic mass is 9.94. The Morgan fingerprint density at radius 1 is 1.15 bits per heavy atom. The van der Waals surface area contributed by atoms with Crippen LogP contribution < -0.4 is 15.4 Å². The van der Waals surface area contributed by atoms with Gasteiger partial charge in [-0.25, -0.2) is 4.79 Å². The molecule has 0 spiro atoms. The molecule has 0 saturated carbocycles. The van der Waals surface area contributed by atoms with Crippen LogP contribution in [0.5, 0.6) is 5.75 Å². The van der Waals surface area contributed by atoms with Crippen molar-refractivity contribution in [3.63, 3.8) is 0 Å². The number of urea groups is 1. The molecule has 0 bridgehead atoms. The molecule has 0 saturated heterocycles. The molecule has 2 aromatic carbocycles. The molecule has 6 heteroatoms. The number of carbonyl (C=O) groups is 2. The third-order valence-electron chi connectivity index (χ3n) is 4.55. The Hall–Kier alpha value is -3.28. The van der Waals surface area contributed by atoms with Gasteiger partial charge in [-0.1, -0.05) is 30.3 Å². The molecule has 140 valence electrons. The number of nitrogens with one attached hydrogen (secondary N) is 2. The van der Waals surface area contributed by atoms with Gasteiger partial charge < -0.3 is 20.3 Å². The quantitative estimate of drug-likeness (QED) is 0.849. The fourth-order valence-corrected chi connectivity index (χ4v) is 3.02. The largest absolute Gasteiger partial charge is 0.494 e. The number of ether oxygens (including phenoxy) is 1. The molecule has 2 N–H and O–H groups in total. The minimum absolute atomic E-state index is 0.246. The number of amides is 3. The fourth-order valence-electron chi connectivity index (χ4n) is 3.02. The van der Waals surface area contributed by atoms with Gasteiger partial charge in [-0.05, 0) is 43.7 Å². The van der Waals surface area contributed by atoms with E-state index in [-0.39, 0.29) is 11.9 Å². The summed E-state index contributed by atoms with van der Waals surface area (Å²) < 4.78 is 5.47. The molecule has 3 rings (SSSR count). The van der Waals surface area contributed by atoms with Crippen molar-refractivity contribution in [3.8, 4) is 5.75 Å². The molecule has 0 aromatic heterocycles. The number of carbonyl (C=O) groups excluding carboxylic acids is 2. The Morgan fingerprint density at radius 2 is 1.81 bits per heavy atom. The van der Waals surface area contributed by atoms with E-state index in [0.29, 0.717) is 23.6 Å². The normalized spacial score (nSPS) is 16.8. The van der Waals surface area contributed by atoms with Crippen molar-refractivity contribution in [2.24, 2.45) is 0 Å². The number of anilines is 1. The van der Waals surface area contributed by atoms with Crippen molar-refractivity contribution in [2.45, 2.75) is 19.9 Å². The molecular weight excluding hydrogens is 342 g/mol. The van der Waals surface area contributed by atoms with E-state index in [1.807, 2.05) is 61.5 Å². The second-order valence-electron chi connectivity index (χ2n) is 6.26. The van der Waals surface area contributed by atoms with Crippen LogP contribution in [0.3, 0.4) is 0 Å². The fraction of sp³-hybridized carbons (Fsp3) is 0.238. The van der Waals surface area contributed by atoms with Crippen LogP contribution in [0, 0.1) is 0 Å². The number of nitrogens with zero attached hydrogens (tertiary/aromatic N) is 1. The zero-order valence-corrected chi connectivity index (χ0v) is 15.7. The number of allylic oxidation sites excluding steroid dienone is 1. The molecular formula is C21H23N3O3. The van der Waals surface area contributed by atoms with Crippen molar-refractivity contribution >= 4 is 17.6 Å². The average Bonchev–Trinajstić information content (AvgIpc) is 2.67. The van der Waals surface area contributed by atoms with Crippen molar-refractivity contribution in [3.05, 3.63) is 71.4 Å². The van der Waals surface area contributed by atoms with E-state index < -0.39 is 6.04 Å². The minimum atomic E-state index is -0.534. The van der Waals surface area contributed by atoms with Crippen LogP contribution in [0.15, 0.2) is 65.9 Å². The van der Waals surface area contributed by atoms with Gasteiger partial charge in [-0.15, -0.1) is 0 Å². The van der Waals surface area contributed by atoms with E-state index in [2.05, 4.69) is 10.6 Å². The molecule has 3 amide bonds. The molecule has 27 heavy (non-hydrogen) atoms. The summed E-state index contributed by atoms with van der Waals surface area (Å²) in [5.41, 5.74) is 2.64. The van der Waals surface area contributed by atoms with Crippen LogP contribution in [0.4, 0.5) is 10.5 Å². The van der Waals surface area contributed by atoms with Crippen LogP contribution in [-0.2, 0) is 4.79 Å². The smallest absolute Gasteiger partial charge is 0.322 e. The van der Waals surface area contributed by atoms with Crippen LogP contribution in [0.25, 0.3) is 0 Å². The topological polar surface area (TPSA) is 70.7 Å². The maximum atomic E-state index is 13.0. The molecule has 0 fully saturated rings. The van der Waals surface area contributed by atoms with Gasteiger partial charge in [0, 0.05) is 18.4 Å². The first-order chi connectivity index (χ1) is 13.0. The summed E-state index contributed by atoms with van der Waals surface area (Å²) in [7, 11) is 1.65. The van der Waals surface area contributed by atoms with Crippen LogP contribution in [0.1, 0.15) is 25.5 Å². The predicted octanol–water partition coefficient (Wildman–Crippen LogP) is 3.69. The summed E-state index contributed by atoms with van der Waals surface area (Å²) in [6.45, 7) is 4.28. The zero-order chi connectivity index (χ0) is 19.4. The van der Waals surface area contributed by atoms with Crippen molar-refractivity contribution in [2.75, 3.05) is 19.0 Å². The molecule has 1 heterocycles. The van der Waals surface area contributed by atoms with Crippen LogP contribution in [-0.4, -0.2) is 30.5 Å². The Balaban J connectivity index is 1.95. The van der Waals surface area contributed by atoms with E-state index in [9.17, 15) is 9.59 Å². The summed E-state index contributed by atoms with van der Waals surface area (Å²) >= 11 is 0. The summed E-state index contributed by atoms with van der Waals surface area (Å²) in [5, 5.41) is 5.82. The number of para-hydroxylation sites is 1. The maximum absolute atomic E-state index is 13.0. The third kappa shape index (κ3) is 3.95. The summed E-state index contributed by atoms with van der Waals surface area (Å²) in [4.78, 5) is 26.8. The van der Waals surface area contributed by atoms with Gasteiger partial charge in [-0.2, -0.15) is 0 Å². The first-order valence-electron chi connectivity index (χ1n) is 8.85. The average molecular weight is 365 g/mol. The van der Waals surface area contributed by atoms with Crippen molar-refractivity contribution in [1.29, 1.82) is 0 Å². The Bertz CT molecular complexity index is 860. The number of hydrogen-bond donors (Lipinski definition) is 2. The molecule has 1 aliphatic heterocycles. The molecule has 0 radical (unpaired) electrons. The van der Waals surface area contributed by atoms with Gasteiger partial charge in [0.25, 0.3) is 5.91 Å². The maximum Gasteiger partial charge on any atom is 0.322 e. The van der Waals surface area contributed by atoms with Crippen LogP contribution >= 0.6 is 0 Å². The highest BCUT2D eigenvalue weighted by Gasteiger charge is 2.34. The number of benzene rings is 2. The molecule has 2 aromatic rings. The van der Waals surface area contributed by atoms with Gasteiger partial charge in [0.05, 0.1) is 18.2 Å². The first kappa shape index (κ1) is 18.5. The highest BCUT2D eigenvalue weighted by atomic mass is 16.5. The lowest BCUT2D eigenvalue weighted by Crippen LogP contribution is -2.46. The van der Waals surface area contributed by atoms with E-state index in [4.69, 9.17) is 4.74 Å². The Kier molecular flexibility index (Phi) is 5.45. The van der Waals surface area contributed by atoms with Gasteiger partial charge >= 0.3 is 6.03 Å². The summed E-state index contributed by atoms with van der Waals surface area (Å²) in [6, 6.07) is 15.9. The molecule has 1 aliphatic rings. The molecule has 1 atom stereocenters. The van der Waals surface area contributed by atoms with E-state index in [0.717, 1.165) is 11.3 Å². The van der Waals surface area contributed by atoms with Gasteiger partial charge in [-0.3, -0.25) is 4.79 Å². The third-order valence-corrected chi connectivity index (χ3v) is 4.55. The first-order valence-corrected chi connectivity index (χ1v) is 8.85. The molecule has 0 unspecified atom stereocenters. The standard InChI is InChI=1S/C21H23N3O3/c1-4-27-17-12-10-15(11-13-17)19-18(14(2)24(3)21(26)23-19)20(25)22-16-8-6-5-7-9-16/h5-13,19H,4H2,1-3H3,(H,22,25)(H,23,26)/t19-/m0/s1. The lowest BCUT2D eigenvalue weighted by Gasteiger charge is -2.33. The van der Waals surface area contributed by atoms with E-state index in [1.165, 1.54) is 4.90 Å². The highest BCUT2D eigenvalue weighted by molar-refractivity contribution is 6.06. The van der Waals surface area contributed by atoms with E-state index in [1.54, 1.807) is 14.0 Å². The second-order valence-corrected chi connectivity index (χ2v) is 6.26. The Labute approximate surface area is 158 Å². The Morgan fingerprint density at radius 3 is 2.44 bits per heavy atom. The second kappa shape index (κ2) is 7.95. The molecule has 0 aliphatic carbocycles. The van der Waals surface area contributed by atoms with Gasteiger partial charge in [0.2, 0.25) is 0 Å². The van der Waals surface area contributed by atoms with Crippen molar-refractivity contribution < 1.29 is 14.3 Å². The number of hydrogen-bond acceptors (Lipinski definition) is 3. The lowest BCUT2D eigenvalue weighted by molar-refractivity contribution is -0.113. The minimum Gasteiger partial charge on any atom is -0.494 e. The molecule has 6 nitrogen and oxygen atoms in total. The monoisotopic (exact) mass is 365 g/mol. The van der Waals surface area contributed by atoms with Gasteiger partial charge in [0.1, 0.15) is 5.75 Å². The highest BCUT2D eigenvalue weighted by Crippen LogP contribution is 2.31. The van der Waals surface area contributed by atoms with Crippen LogP contribution in [0.2, 0.25) is 0 Å². The summed E-state index contributed by atoms with van der Waals surface area (Å²) in [5.74, 6) is 0.501. The predicted molar refractivity (Wildman–Crippen MR) is 104 cm³/mol. The van der Waals surface area contributed by atoms with E-state index >= 15 is 0 Å². The van der Waals surface area contributed by atoms with Gasteiger partial charge in [0.15, 0.2) is 0 Å². The van der Waals surface area contributed by atoms with Crippen molar-refractivity contribution in [1.82, 2.24) is 10.2 Å². The SMILES string of the molecule is CCOc1ccc([C@@H]2NC(=O)N(C)C(C)=C2C(=O)Nc2ccccc2)cc1. The number of rotatable bonds is 5. The zero-order valence-electron chi connectivity index (χ0n) is 15.7.